The van der Waals surface area contributed by atoms with Crippen molar-refractivity contribution in [2.75, 3.05) is 38.2 Å². The highest BCUT2D eigenvalue weighted by Crippen LogP contribution is 2.20. The van der Waals surface area contributed by atoms with Crippen molar-refractivity contribution in [3.8, 4) is 0 Å². The summed E-state index contributed by atoms with van der Waals surface area (Å²) < 4.78 is 22.3. The summed E-state index contributed by atoms with van der Waals surface area (Å²) in [6.07, 6.45) is 0.853. The van der Waals surface area contributed by atoms with Crippen LogP contribution >= 0.6 is 11.5 Å². The number of anilines is 1. The standard InChI is InChI=1S/C16H19FN4O2S/c1-23-11-14-18-16(24-19-14)21-8-2-7-20(9-10-21)15(22)12-3-5-13(17)6-4-12/h3-6H,2,7-11H2,1H3. The molecular weight excluding hydrogens is 331 g/mol. The molecule has 2 aromatic rings. The van der Waals surface area contributed by atoms with Gasteiger partial charge in [0.05, 0.1) is 0 Å². The maximum atomic E-state index is 13.0. The average molecular weight is 350 g/mol. The number of carbonyl (C=O) groups is 1. The molecule has 0 unspecified atom stereocenters. The smallest absolute Gasteiger partial charge is 0.253 e. The van der Waals surface area contributed by atoms with Gasteiger partial charge in [-0.1, -0.05) is 0 Å². The molecule has 0 N–H and O–H groups in total. The Morgan fingerprint density at radius 1 is 1.25 bits per heavy atom. The fraction of sp³-hybridized carbons (Fsp3) is 0.438. The molecule has 128 valence electrons. The molecule has 8 heteroatoms. The van der Waals surface area contributed by atoms with Crippen molar-refractivity contribution >= 4 is 22.6 Å². The van der Waals surface area contributed by atoms with E-state index in [2.05, 4.69) is 14.3 Å². The number of nitrogens with zero attached hydrogens (tertiary/aromatic N) is 4. The van der Waals surface area contributed by atoms with E-state index < -0.39 is 0 Å². The Hall–Kier alpha value is -2.06. The summed E-state index contributed by atoms with van der Waals surface area (Å²) in [6, 6.07) is 5.69. The molecule has 6 nitrogen and oxygen atoms in total. The van der Waals surface area contributed by atoms with Crippen LogP contribution in [0.2, 0.25) is 0 Å². The van der Waals surface area contributed by atoms with Crippen LogP contribution in [0.3, 0.4) is 0 Å². The first-order valence-electron chi connectivity index (χ1n) is 7.78. The number of methoxy groups -OCH3 is 1. The van der Waals surface area contributed by atoms with Crippen molar-refractivity contribution in [1.82, 2.24) is 14.3 Å². The minimum Gasteiger partial charge on any atom is -0.377 e. The molecule has 1 aromatic carbocycles. The number of rotatable bonds is 4. The first kappa shape index (κ1) is 16.8. The van der Waals surface area contributed by atoms with E-state index in [1.165, 1.54) is 35.8 Å². The van der Waals surface area contributed by atoms with Gasteiger partial charge in [0.25, 0.3) is 5.91 Å². The van der Waals surface area contributed by atoms with Crippen LogP contribution in [0.1, 0.15) is 22.6 Å². The fourth-order valence-electron chi connectivity index (χ4n) is 2.65. The van der Waals surface area contributed by atoms with Crippen molar-refractivity contribution in [3.05, 3.63) is 41.5 Å². The first-order chi connectivity index (χ1) is 11.7. The van der Waals surface area contributed by atoms with E-state index in [-0.39, 0.29) is 11.7 Å². The van der Waals surface area contributed by atoms with Gasteiger partial charge < -0.3 is 14.5 Å². The molecule has 1 fully saturated rings. The second-order valence-corrected chi connectivity index (χ2v) is 6.30. The third-order valence-electron chi connectivity index (χ3n) is 3.88. The molecule has 0 bridgehead atoms. The molecule has 1 aliphatic rings. The van der Waals surface area contributed by atoms with Crippen LogP contribution in [-0.4, -0.2) is 53.5 Å². The highest BCUT2D eigenvalue weighted by molar-refractivity contribution is 7.09. The summed E-state index contributed by atoms with van der Waals surface area (Å²) >= 11 is 1.35. The van der Waals surface area contributed by atoms with E-state index in [1.807, 2.05) is 4.90 Å². The molecule has 1 saturated heterocycles. The Kier molecular flexibility index (Phi) is 5.37. The van der Waals surface area contributed by atoms with E-state index in [1.54, 1.807) is 7.11 Å². The highest BCUT2D eigenvalue weighted by atomic mass is 32.1. The van der Waals surface area contributed by atoms with Crippen LogP contribution in [0, 0.1) is 5.82 Å². The number of hydrogen-bond acceptors (Lipinski definition) is 6. The molecule has 1 aromatic heterocycles. The molecule has 1 amide bonds. The maximum Gasteiger partial charge on any atom is 0.253 e. The number of ether oxygens (including phenoxy) is 1. The lowest BCUT2D eigenvalue weighted by molar-refractivity contribution is 0.0767. The molecule has 0 spiro atoms. The second kappa shape index (κ2) is 7.67. The van der Waals surface area contributed by atoms with Crippen molar-refractivity contribution in [3.63, 3.8) is 0 Å². The van der Waals surface area contributed by atoms with Gasteiger partial charge in [0, 0.05) is 50.4 Å². The zero-order valence-corrected chi connectivity index (χ0v) is 14.3. The van der Waals surface area contributed by atoms with Gasteiger partial charge in [0.2, 0.25) is 5.13 Å². The van der Waals surface area contributed by atoms with Gasteiger partial charge in [-0.05, 0) is 30.7 Å². The second-order valence-electron chi connectivity index (χ2n) is 5.57. The molecular formula is C16H19FN4O2S. The molecule has 0 atom stereocenters. The summed E-state index contributed by atoms with van der Waals surface area (Å²) in [5, 5.41) is 0.859. The van der Waals surface area contributed by atoms with E-state index in [4.69, 9.17) is 4.74 Å². The van der Waals surface area contributed by atoms with Gasteiger partial charge in [-0.2, -0.15) is 4.37 Å². The lowest BCUT2D eigenvalue weighted by Gasteiger charge is -2.21. The van der Waals surface area contributed by atoms with Crippen LogP contribution in [-0.2, 0) is 11.3 Å². The summed E-state index contributed by atoms with van der Waals surface area (Å²) in [5.74, 6) is 0.284. The third kappa shape index (κ3) is 3.88. The van der Waals surface area contributed by atoms with Crippen LogP contribution in [0.5, 0.6) is 0 Å². The number of halogens is 1. The zero-order chi connectivity index (χ0) is 16.9. The molecule has 0 saturated carbocycles. The number of amides is 1. The lowest BCUT2D eigenvalue weighted by atomic mass is 10.2. The van der Waals surface area contributed by atoms with Crippen molar-refractivity contribution < 1.29 is 13.9 Å². The summed E-state index contributed by atoms with van der Waals surface area (Å²) in [6.45, 7) is 3.22. The van der Waals surface area contributed by atoms with Crippen LogP contribution in [0.15, 0.2) is 24.3 Å². The minimum absolute atomic E-state index is 0.0609. The summed E-state index contributed by atoms with van der Waals surface area (Å²) in [4.78, 5) is 21.0. The normalized spacial score (nSPS) is 15.4. The van der Waals surface area contributed by atoms with Crippen molar-refractivity contribution in [2.45, 2.75) is 13.0 Å². The highest BCUT2D eigenvalue weighted by Gasteiger charge is 2.22. The van der Waals surface area contributed by atoms with Crippen molar-refractivity contribution in [1.29, 1.82) is 0 Å². The van der Waals surface area contributed by atoms with Crippen molar-refractivity contribution in [2.24, 2.45) is 0 Å². The average Bonchev–Trinajstić information content (AvgIpc) is 2.91. The summed E-state index contributed by atoms with van der Waals surface area (Å²) in [7, 11) is 1.62. The Morgan fingerprint density at radius 3 is 2.79 bits per heavy atom. The first-order valence-corrected chi connectivity index (χ1v) is 8.56. The Bertz CT molecular complexity index is 692. The lowest BCUT2D eigenvalue weighted by Crippen LogP contribution is -2.35. The number of benzene rings is 1. The van der Waals surface area contributed by atoms with Crippen LogP contribution in [0.25, 0.3) is 0 Å². The van der Waals surface area contributed by atoms with Crippen LogP contribution in [0.4, 0.5) is 9.52 Å². The number of aromatic nitrogens is 2. The molecule has 2 heterocycles. The molecule has 0 radical (unpaired) electrons. The Morgan fingerprint density at radius 2 is 2.04 bits per heavy atom. The monoisotopic (exact) mass is 350 g/mol. The number of hydrogen-bond donors (Lipinski definition) is 0. The van der Waals surface area contributed by atoms with Crippen LogP contribution < -0.4 is 4.90 Å². The predicted octanol–water partition coefficient (Wildman–Crippen LogP) is 2.18. The van der Waals surface area contributed by atoms with Gasteiger partial charge in [0.15, 0.2) is 5.82 Å². The quantitative estimate of drug-likeness (QED) is 0.846. The fourth-order valence-corrected chi connectivity index (χ4v) is 3.37. The molecule has 0 aliphatic carbocycles. The van der Waals surface area contributed by atoms with Gasteiger partial charge in [0.1, 0.15) is 12.4 Å². The predicted molar refractivity (Wildman–Crippen MR) is 89.8 cm³/mol. The topological polar surface area (TPSA) is 58.6 Å². The molecule has 3 rings (SSSR count). The minimum atomic E-state index is -0.336. The van der Waals surface area contributed by atoms with E-state index >= 15 is 0 Å². The van der Waals surface area contributed by atoms with E-state index in [0.29, 0.717) is 37.6 Å². The molecule has 1 aliphatic heterocycles. The van der Waals surface area contributed by atoms with Gasteiger partial charge in [-0.25, -0.2) is 9.37 Å². The Balaban J connectivity index is 1.63. The Labute approximate surface area is 144 Å². The SMILES string of the molecule is COCc1nsc(N2CCCN(C(=O)c3ccc(F)cc3)CC2)n1. The molecule has 24 heavy (non-hydrogen) atoms. The summed E-state index contributed by atoms with van der Waals surface area (Å²) in [5.41, 5.74) is 0.517. The zero-order valence-electron chi connectivity index (χ0n) is 13.4. The van der Waals surface area contributed by atoms with E-state index in [0.717, 1.165) is 18.1 Å². The van der Waals surface area contributed by atoms with Gasteiger partial charge >= 0.3 is 0 Å². The third-order valence-corrected chi connectivity index (χ3v) is 4.69. The van der Waals surface area contributed by atoms with Gasteiger partial charge in [-0.15, -0.1) is 0 Å². The van der Waals surface area contributed by atoms with E-state index in [9.17, 15) is 9.18 Å². The largest absolute Gasteiger partial charge is 0.377 e. The maximum absolute atomic E-state index is 13.0. The number of carbonyl (C=O) groups excluding carboxylic acids is 1. The van der Waals surface area contributed by atoms with Gasteiger partial charge in [-0.3, -0.25) is 4.79 Å².